The van der Waals surface area contributed by atoms with Crippen LogP contribution in [0.5, 0.6) is 0 Å². The zero-order valence-electron chi connectivity index (χ0n) is 34.0. The molecule has 2 fully saturated rings. The van der Waals surface area contributed by atoms with Crippen LogP contribution in [0.3, 0.4) is 0 Å². The minimum atomic E-state index is -0.379. The van der Waals surface area contributed by atoms with Gasteiger partial charge in [-0.15, -0.1) is 0 Å². The minimum absolute atomic E-state index is 0.0277. The molecule has 316 valence electrons. The van der Waals surface area contributed by atoms with Crippen LogP contribution in [0.15, 0.2) is 97.1 Å². The van der Waals surface area contributed by atoms with E-state index in [1.807, 2.05) is 58.3 Å². The van der Waals surface area contributed by atoms with E-state index in [0.717, 1.165) is 80.2 Å². The van der Waals surface area contributed by atoms with Crippen molar-refractivity contribution < 1.29 is 28.7 Å². The van der Waals surface area contributed by atoms with Crippen LogP contribution >= 0.6 is 39.1 Å². The maximum Gasteiger partial charge on any atom is 0.337 e. The number of benzene rings is 4. The van der Waals surface area contributed by atoms with Gasteiger partial charge in [-0.1, -0.05) is 77.2 Å². The Hall–Kier alpha value is -4.66. The van der Waals surface area contributed by atoms with Gasteiger partial charge < -0.3 is 34.4 Å². The second-order valence-electron chi connectivity index (χ2n) is 13.6. The summed E-state index contributed by atoms with van der Waals surface area (Å²) in [5.74, 6) is -0.674. The third-order valence-electron chi connectivity index (χ3n) is 9.91. The largest absolute Gasteiger partial charge is 0.465 e. The van der Waals surface area contributed by atoms with Crippen molar-refractivity contribution in [3.8, 4) is 0 Å². The molecule has 2 heterocycles. The summed E-state index contributed by atoms with van der Waals surface area (Å²) < 4.78 is 9.31. The molecule has 0 spiro atoms. The molecule has 0 aliphatic carbocycles. The second kappa shape index (κ2) is 24.4. The van der Waals surface area contributed by atoms with Crippen molar-refractivity contribution >= 4 is 74.5 Å². The SMILES string of the molecule is CCN1CCN(C(=O)N(Cc2ccc(C(=O)OC)cc2)c2ccc(Cl)cc2)CC1.CCN1CCN(C(=O)Nc2ccc(Cl)cc2)CC1.COC(=O)c1ccc(CBr)cc1. The molecule has 59 heavy (non-hydrogen) atoms. The molecule has 4 amide bonds. The van der Waals surface area contributed by atoms with E-state index in [2.05, 4.69) is 49.6 Å². The molecule has 4 aromatic carbocycles. The summed E-state index contributed by atoms with van der Waals surface area (Å²) in [5.41, 5.74) is 4.70. The summed E-state index contributed by atoms with van der Waals surface area (Å²) in [6.45, 7) is 13.4. The predicted octanol–water partition coefficient (Wildman–Crippen LogP) is 8.77. The Kier molecular flexibility index (Phi) is 19.5. The number of hydrogen-bond acceptors (Lipinski definition) is 8. The Morgan fingerprint density at radius 3 is 1.46 bits per heavy atom. The lowest BCUT2D eigenvalue weighted by Crippen LogP contribution is -2.52. The normalized spacial score (nSPS) is 14.2. The number of carbonyl (C=O) groups is 4. The van der Waals surface area contributed by atoms with Gasteiger partial charge in [0, 0.05) is 79.1 Å². The molecule has 2 aliphatic rings. The Bertz CT molecular complexity index is 1920. The molecule has 2 saturated heterocycles. The van der Waals surface area contributed by atoms with Gasteiger partial charge in [0.1, 0.15) is 0 Å². The molecule has 2 aliphatic heterocycles. The van der Waals surface area contributed by atoms with E-state index >= 15 is 0 Å². The number of esters is 2. The first kappa shape index (κ1) is 47.0. The lowest BCUT2D eigenvalue weighted by Gasteiger charge is -2.37. The van der Waals surface area contributed by atoms with Crippen LogP contribution in [0.1, 0.15) is 45.7 Å². The first-order valence-electron chi connectivity index (χ1n) is 19.5. The summed E-state index contributed by atoms with van der Waals surface area (Å²) in [6.07, 6.45) is 0. The zero-order valence-corrected chi connectivity index (χ0v) is 37.1. The standard InChI is InChI=1S/C22H26ClN3O3.C13H18ClN3O.C9H9BrO2/c1-3-24-12-14-25(15-13-24)22(28)26(20-10-8-19(23)9-11-20)16-17-4-6-18(7-5-17)21(27)29-2;1-2-16-7-9-17(10-8-16)13(18)15-12-5-3-11(14)4-6-12;1-12-9(11)8-4-2-7(6-10)3-5-8/h4-11H,3,12-16H2,1-2H3;3-6H,2,7-10H2,1H3,(H,15,18);2-5H,6H2,1H3. The number of halogens is 3. The molecule has 1 N–H and O–H groups in total. The number of alkyl halides is 1. The summed E-state index contributed by atoms with van der Waals surface area (Å²) in [4.78, 5) is 58.1. The lowest BCUT2D eigenvalue weighted by molar-refractivity contribution is 0.0592. The summed E-state index contributed by atoms with van der Waals surface area (Å²) in [6, 6.07) is 28.8. The fourth-order valence-electron chi connectivity index (χ4n) is 6.21. The Morgan fingerprint density at radius 2 is 1.03 bits per heavy atom. The molecule has 0 saturated carbocycles. The fourth-order valence-corrected chi connectivity index (χ4v) is 6.84. The molecule has 4 aromatic rings. The number of anilines is 2. The monoisotopic (exact) mass is 910 g/mol. The van der Waals surface area contributed by atoms with E-state index in [9.17, 15) is 19.2 Å². The van der Waals surface area contributed by atoms with Crippen LogP contribution < -0.4 is 10.2 Å². The number of urea groups is 2. The van der Waals surface area contributed by atoms with Crippen LogP contribution in [0.25, 0.3) is 0 Å². The summed E-state index contributed by atoms with van der Waals surface area (Å²) in [7, 11) is 2.73. The van der Waals surface area contributed by atoms with Crippen molar-refractivity contribution in [2.45, 2.75) is 25.7 Å². The number of hydrogen-bond donors (Lipinski definition) is 1. The Morgan fingerprint density at radius 1 is 0.610 bits per heavy atom. The second-order valence-corrected chi connectivity index (χ2v) is 15.1. The van der Waals surface area contributed by atoms with Crippen LogP contribution in [-0.4, -0.2) is 123 Å². The maximum atomic E-state index is 13.3. The topological polar surface area (TPSA) is 115 Å². The Labute approximate surface area is 366 Å². The number of amides is 4. The molecule has 12 nitrogen and oxygen atoms in total. The number of carbonyl (C=O) groups excluding carboxylic acids is 4. The number of nitrogens with zero attached hydrogens (tertiary/aromatic N) is 5. The molecular formula is C44H53BrCl2N6O6. The van der Waals surface area contributed by atoms with Gasteiger partial charge in [0.15, 0.2) is 0 Å². The van der Waals surface area contributed by atoms with E-state index in [0.29, 0.717) is 40.8 Å². The molecule has 0 aromatic heterocycles. The molecule has 6 rings (SSSR count). The van der Waals surface area contributed by atoms with Gasteiger partial charge in [0.25, 0.3) is 0 Å². The number of piperazine rings is 2. The first-order valence-corrected chi connectivity index (χ1v) is 21.3. The van der Waals surface area contributed by atoms with Gasteiger partial charge in [-0.3, -0.25) is 4.90 Å². The van der Waals surface area contributed by atoms with Crippen molar-refractivity contribution in [1.29, 1.82) is 0 Å². The number of nitrogens with one attached hydrogen (secondary N) is 1. The molecule has 0 radical (unpaired) electrons. The fraction of sp³-hybridized carbons (Fsp3) is 0.364. The molecular weight excluding hydrogens is 859 g/mol. The van der Waals surface area contributed by atoms with E-state index in [1.165, 1.54) is 14.2 Å². The van der Waals surface area contributed by atoms with Crippen LogP contribution in [-0.2, 0) is 21.3 Å². The van der Waals surface area contributed by atoms with E-state index in [4.69, 9.17) is 27.9 Å². The Balaban J connectivity index is 0.000000217. The van der Waals surface area contributed by atoms with Crippen molar-refractivity contribution in [3.05, 3.63) is 129 Å². The average Bonchev–Trinajstić information content (AvgIpc) is 3.29. The van der Waals surface area contributed by atoms with Gasteiger partial charge >= 0.3 is 24.0 Å². The average molecular weight is 913 g/mol. The van der Waals surface area contributed by atoms with Gasteiger partial charge in [-0.05, 0) is 97.0 Å². The molecule has 15 heteroatoms. The third kappa shape index (κ3) is 14.8. The van der Waals surface area contributed by atoms with Crippen LogP contribution in [0.4, 0.5) is 21.0 Å². The molecule has 0 bridgehead atoms. The third-order valence-corrected chi connectivity index (χ3v) is 11.1. The van der Waals surface area contributed by atoms with Crippen LogP contribution in [0, 0.1) is 0 Å². The van der Waals surface area contributed by atoms with E-state index in [-0.39, 0.29) is 24.0 Å². The van der Waals surface area contributed by atoms with Gasteiger partial charge in [0.05, 0.1) is 31.9 Å². The maximum absolute atomic E-state index is 13.3. The highest BCUT2D eigenvalue weighted by Gasteiger charge is 2.26. The number of rotatable bonds is 9. The highest BCUT2D eigenvalue weighted by molar-refractivity contribution is 9.08. The number of ether oxygens (including phenoxy) is 2. The predicted molar refractivity (Wildman–Crippen MR) is 239 cm³/mol. The van der Waals surface area contributed by atoms with Gasteiger partial charge in [-0.25, -0.2) is 19.2 Å². The molecule has 0 unspecified atom stereocenters. The van der Waals surface area contributed by atoms with Crippen molar-refractivity contribution in [1.82, 2.24) is 19.6 Å². The van der Waals surface area contributed by atoms with Crippen molar-refractivity contribution in [2.24, 2.45) is 0 Å². The number of likely N-dealkylation sites (N-methyl/N-ethyl adjacent to an activating group) is 2. The smallest absolute Gasteiger partial charge is 0.337 e. The number of methoxy groups -OCH3 is 2. The first-order chi connectivity index (χ1) is 28.5. The summed E-state index contributed by atoms with van der Waals surface area (Å²) in [5, 5.41) is 4.98. The lowest BCUT2D eigenvalue weighted by atomic mass is 10.1. The van der Waals surface area contributed by atoms with Crippen molar-refractivity contribution in [3.63, 3.8) is 0 Å². The quantitative estimate of drug-likeness (QED) is 0.131. The van der Waals surface area contributed by atoms with Gasteiger partial charge in [-0.2, -0.15) is 0 Å². The minimum Gasteiger partial charge on any atom is -0.465 e. The van der Waals surface area contributed by atoms with Crippen molar-refractivity contribution in [2.75, 3.05) is 89.9 Å². The summed E-state index contributed by atoms with van der Waals surface area (Å²) >= 11 is 15.2. The van der Waals surface area contributed by atoms with E-state index < -0.39 is 0 Å². The highest BCUT2D eigenvalue weighted by Crippen LogP contribution is 2.23. The zero-order chi connectivity index (χ0) is 42.7. The highest BCUT2D eigenvalue weighted by atomic mass is 79.9. The molecule has 0 atom stereocenters. The van der Waals surface area contributed by atoms with E-state index in [1.54, 1.807) is 53.4 Å². The van der Waals surface area contributed by atoms with Crippen LogP contribution in [0.2, 0.25) is 10.0 Å². The van der Waals surface area contributed by atoms with Gasteiger partial charge in [0.2, 0.25) is 0 Å².